The second kappa shape index (κ2) is 7.16. The van der Waals surface area contributed by atoms with Gasteiger partial charge in [0.25, 0.3) is 0 Å². The Hall–Kier alpha value is -3.16. The minimum absolute atomic E-state index is 0.565. The van der Waals surface area contributed by atoms with E-state index in [-0.39, 0.29) is 0 Å². The van der Waals surface area contributed by atoms with Crippen LogP contribution < -0.4 is 15.1 Å². The largest absolute Gasteiger partial charge is 0.467 e. The molecular formula is C17H19N7O. The molecule has 25 heavy (non-hydrogen) atoms. The van der Waals surface area contributed by atoms with Crippen LogP contribution in [-0.4, -0.2) is 46.1 Å². The fourth-order valence-corrected chi connectivity index (χ4v) is 2.78. The van der Waals surface area contributed by atoms with E-state index in [0.717, 1.165) is 43.7 Å². The number of aromatic nitrogens is 4. The Morgan fingerprint density at radius 3 is 2.48 bits per heavy atom. The Kier molecular flexibility index (Phi) is 4.40. The highest BCUT2D eigenvalue weighted by Gasteiger charge is 2.20. The lowest BCUT2D eigenvalue weighted by Gasteiger charge is -2.35. The highest BCUT2D eigenvalue weighted by molar-refractivity contribution is 5.45. The normalized spacial score (nSPS) is 14.6. The van der Waals surface area contributed by atoms with Crippen molar-refractivity contribution in [2.45, 2.75) is 6.54 Å². The predicted octanol–water partition coefficient (Wildman–Crippen LogP) is 1.80. The first-order valence-electron chi connectivity index (χ1n) is 8.25. The van der Waals surface area contributed by atoms with Gasteiger partial charge in [0, 0.05) is 44.8 Å². The molecule has 1 saturated heterocycles. The lowest BCUT2D eigenvalue weighted by atomic mass is 10.3. The number of hydrogen-bond acceptors (Lipinski definition) is 8. The molecule has 1 aliphatic rings. The monoisotopic (exact) mass is 337 g/mol. The van der Waals surface area contributed by atoms with Crippen LogP contribution >= 0.6 is 0 Å². The average Bonchev–Trinajstić information content (AvgIpc) is 3.21. The van der Waals surface area contributed by atoms with Gasteiger partial charge in [0.1, 0.15) is 11.6 Å². The molecule has 0 bridgehead atoms. The summed E-state index contributed by atoms with van der Waals surface area (Å²) in [4.78, 5) is 21.9. The van der Waals surface area contributed by atoms with Crippen LogP contribution in [0.5, 0.6) is 0 Å². The summed E-state index contributed by atoms with van der Waals surface area (Å²) in [6, 6.07) is 7.55. The van der Waals surface area contributed by atoms with Crippen LogP contribution in [0.15, 0.2) is 53.5 Å². The summed E-state index contributed by atoms with van der Waals surface area (Å²) in [5, 5.41) is 3.19. The number of furan rings is 1. The van der Waals surface area contributed by atoms with E-state index in [9.17, 15) is 0 Å². The van der Waals surface area contributed by atoms with E-state index in [0.29, 0.717) is 12.5 Å². The minimum atomic E-state index is 0.565. The summed E-state index contributed by atoms with van der Waals surface area (Å²) in [6.07, 6.45) is 6.98. The van der Waals surface area contributed by atoms with E-state index in [1.807, 2.05) is 24.3 Å². The topological polar surface area (TPSA) is 83.2 Å². The predicted molar refractivity (Wildman–Crippen MR) is 94.5 cm³/mol. The molecule has 1 aliphatic heterocycles. The average molecular weight is 337 g/mol. The van der Waals surface area contributed by atoms with Gasteiger partial charge in [-0.1, -0.05) is 0 Å². The molecule has 8 nitrogen and oxygen atoms in total. The third-order valence-electron chi connectivity index (χ3n) is 4.08. The van der Waals surface area contributed by atoms with E-state index in [1.54, 1.807) is 24.9 Å². The van der Waals surface area contributed by atoms with Crippen molar-refractivity contribution < 1.29 is 4.42 Å². The first kappa shape index (κ1) is 15.4. The molecule has 0 radical (unpaired) electrons. The van der Waals surface area contributed by atoms with Crippen molar-refractivity contribution in [2.75, 3.05) is 41.3 Å². The zero-order chi connectivity index (χ0) is 16.9. The molecule has 1 fully saturated rings. The minimum Gasteiger partial charge on any atom is -0.467 e. The molecule has 3 aromatic rings. The molecule has 128 valence electrons. The molecule has 0 spiro atoms. The van der Waals surface area contributed by atoms with Gasteiger partial charge in [-0.25, -0.2) is 15.0 Å². The maximum Gasteiger partial charge on any atom is 0.225 e. The molecule has 3 aromatic heterocycles. The van der Waals surface area contributed by atoms with E-state index in [1.165, 1.54) is 0 Å². The van der Waals surface area contributed by atoms with E-state index in [2.05, 4.69) is 35.1 Å². The summed E-state index contributed by atoms with van der Waals surface area (Å²) in [5.41, 5.74) is 0. The summed E-state index contributed by atoms with van der Waals surface area (Å²) in [5.74, 6) is 3.16. The Morgan fingerprint density at radius 1 is 0.920 bits per heavy atom. The number of anilines is 3. The first-order valence-corrected chi connectivity index (χ1v) is 8.25. The smallest absolute Gasteiger partial charge is 0.225 e. The molecular weight excluding hydrogens is 318 g/mol. The van der Waals surface area contributed by atoms with Gasteiger partial charge >= 0.3 is 0 Å². The van der Waals surface area contributed by atoms with Gasteiger partial charge in [-0.15, -0.1) is 0 Å². The second-order valence-electron chi connectivity index (χ2n) is 5.69. The second-order valence-corrected chi connectivity index (χ2v) is 5.69. The van der Waals surface area contributed by atoms with Crippen LogP contribution in [-0.2, 0) is 6.54 Å². The maximum absolute atomic E-state index is 5.31. The maximum atomic E-state index is 5.31. The van der Waals surface area contributed by atoms with E-state index < -0.39 is 0 Å². The van der Waals surface area contributed by atoms with Crippen molar-refractivity contribution in [1.29, 1.82) is 0 Å². The van der Waals surface area contributed by atoms with Crippen LogP contribution in [0.2, 0.25) is 0 Å². The molecule has 8 heteroatoms. The van der Waals surface area contributed by atoms with Crippen molar-refractivity contribution >= 4 is 17.7 Å². The zero-order valence-corrected chi connectivity index (χ0v) is 13.7. The molecule has 0 saturated carbocycles. The van der Waals surface area contributed by atoms with Crippen LogP contribution in [0, 0.1) is 0 Å². The molecule has 0 amide bonds. The van der Waals surface area contributed by atoms with Crippen LogP contribution in [0.1, 0.15) is 5.76 Å². The molecule has 0 aliphatic carbocycles. The van der Waals surface area contributed by atoms with Crippen molar-refractivity contribution in [3.8, 4) is 0 Å². The summed E-state index contributed by atoms with van der Waals surface area (Å²) < 4.78 is 5.31. The van der Waals surface area contributed by atoms with Gasteiger partial charge in [0.2, 0.25) is 11.9 Å². The zero-order valence-electron chi connectivity index (χ0n) is 13.7. The Morgan fingerprint density at radius 2 is 1.72 bits per heavy atom. The van der Waals surface area contributed by atoms with Gasteiger partial charge in [-0.3, -0.25) is 0 Å². The van der Waals surface area contributed by atoms with Crippen molar-refractivity contribution in [3.05, 3.63) is 54.9 Å². The van der Waals surface area contributed by atoms with E-state index >= 15 is 0 Å². The Labute approximate surface area is 145 Å². The number of piperazine rings is 1. The molecule has 0 aromatic carbocycles. The molecule has 0 atom stereocenters. The standard InChI is InChI=1S/C17H19N7O/c1-3-14(25-12-1)13-21-16-18-7-4-15(22-16)23-8-10-24(11-9-23)17-19-5-2-6-20-17/h1-7,12H,8-11,13H2,(H,18,21,22). The van der Waals surface area contributed by atoms with Crippen molar-refractivity contribution in [1.82, 2.24) is 19.9 Å². The van der Waals surface area contributed by atoms with Gasteiger partial charge in [-0.2, -0.15) is 4.98 Å². The van der Waals surface area contributed by atoms with Gasteiger partial charge in [-0.05, 0) is 24.3 Å². The van der Waals surface area contributed by atoms with Crippen LogP contribution in [0.25, 0.3) is 0 Å². The molecule has 4 heterocycles. The third kappa shape index (κ3) is 3.68. The summed E-state index contributed by atoms with van der Waals surface area (Å²) in [7, 11) is 0. The van der Waals surface area contributed by atoms with Gasteiger partial charge in [0.15, 0.2) is 0 Å². The highest BCUT2D eigenvalue weighted by atomic mass is 16.3. The van der Waals surface area contributed by atoms with Gasteiger partial charge < -0.3 is 19.5 Å². The number of nitrogens with zero attached hydrogens (tertiary/aromatic N) is 6. The quantitative estimate of drug-likeness (QED) is 0.754. The molecule has 4 rings (SSSR count). The molecule has 1 N–H and O–H groups in total. The lowest BCUT2D eigenvalue weighted by molar-refractivity contribution is 0.517. The SMILES string of the molecule is c1cnc(N2CCN(c3ccnc(NCc4ccco4)n3)CC2)nc1. The van der Waals surface area contributed by atoms with Crippen LogP contribution in [0.3, 0.4) is 0 Å². The third-order valence-corrected chi connectivity index (χ3v) is 4.08. The van der Waals surface area contributed by atoms with Crippen LogP contribution in [0.4, 0.5) is 17.7 Å². The lowest BCUT2D eigenvalue weighted by Crippen LogP contribution is -2.47. The summed E-state index contributed by atoms with van der Waals surface area (Å²) >= 11 is 0. The Bertz CT molecular complexity index is 786. The first-order chi connectivity index (χ1) is 12.4. The highest BCUT2D eigenvalue weighted by Crippen LogP contribution is 2.17. The van der Waals surface area contributed by atoms with E-state index in [4.69, 9.17) is 4.42 Å². The number of nitrogens with one attached hydrogen (secondary N) is 1. The summed E-state index contributed by atoms with van der Waals surface area (Å²) in [6.45, 7) is 4.03. The van der Waals surface area contributed by atoms with Crippen molar-refractivity contribution in [3.63, 3.8) is 0 Å². The fraction of sp³-hybridized carbons (Fsp3) is 0.294. The van der Waals surface area contributed by atoms with Gasteiger partial charge in [0.05, 0.1) is 12.8 Å². The number of rotatable bonds is 5. The fourth-order valence-electron chi connectivity index (χ4n) is 2.78. The van der Waals surface area contributed by atoms with Crippen molar-refractivity contribution in [2.24, 2.45) is 0 Å². The number of hydrogen-bond donors (Lipinski definition) is 1. The molecule has 0 unspecified atom stereocenters. The Balaban J connectivity index is 1.37.